The minimum atomic E-state index is -1.41. The summed E-state index contributed by atoms with van der Waals surface area (Å²) < 4.78 is 31.1. The van der Waals surface area contributed by atoms with Crippen LogP contribution < -0.4 is 10.5 Å². The molecule has 1 atom stereocenters. The standard InChI is InChI=1S/C14H13ClFNO2S/c1-19-13-4-2-3-9(14(13)16)8-20(18)10-5-6-12(17)11(15)7-10/h2-7H,8,17H2,1H3. The first-order valence-electron chi connectivity index (χ1n) is 5.77. The summed E-state index contributed by atoms with van der Waals surface area (Å²) in [5, 5.41) is 0.335. The number of ether oxygens (including phenoxy) is 1. The first kappa shape index (κ1) is 14.8. The Morgan fingerprint density at radius 1 is 1.35 bits per heavy atom. The predicted molar refractivity (Wildman–Crippen MR) is 78.9 cm³/mol. The number of nitrogen functional groups attached to an aromatic ring is 1. The molecule has 6 heteroatoms. The highest BCUT2D eigenvalue weighted by molar-refractivity contribution is 7.84. The molecule has 0 aliphatic carbocycles. The van der Waals surface area contributed by atoms with Crippen LogP contribution in [0.25, 0.3) is 0 Å². The van der Waals surface area contributed by atoms with E-state index in [1.807, 2.05) is 0 Å². The summed E-state index contributed by atoms with van der Waals surface area (Å²) in [6.45, 7) is 0. The van der Waals surface area contributed by atoms with Crippen LogP contribution in [0.1, 0.15) is 5.56 Å². The van der Waals surface area contributed by atoms with Gasteiger partial charge in [0.05, 0.1) is 34.4 Å². The second kappa shape index (κ2) is 6.24. The molecule has 2 N–H and O–H groups in total. The molecular weight excluding hydrogens is 301 g/mol. The Morgan fingerprint density at radius 3 is 2.75 bits per heavy atom. The molecule has 0 spiro atoms. The van der Waals surface area contributed by atoms with Crippen molar-refractivity contribution >= 4 is 28.1 Å². The number of methoxy groups -OCH3 is 1. The topological polar surface area (TPSA) is 52.3 Å². The zero-order valence-corrected chi connectivity index (χ0v) is 12.3. The van der Waals surface area contributed by atoms with Crippen LogP contribution in [0.2, 0.25) is 5.02 Å². The van der Waals surface area contributed by atoms with Crippen LogP contribution in [-0.2, 0) is 16.6 Å². The zero-order valence-electron chi connectivity index (χ0n) is 10.7. The third-order valence-corrected chi connectivity index (χ3v) is 4.46. The van der Waals surface area contributed by atoms with Crippen molar-refractivity contribution in [1.82, 2.24) is 0 Å². The number of halogens is 2. The van der Waals surface area contributed by atoms with Gasteiger partial charge in [0.1, 0.15) is 0 Å². The lowest BCUT2D eigenvalue weighted by Gasteiger charge is -2.08. The fraction of sp³-hybridized carbons (Fsp3) is 0.143. The molecule has 0 saturated carbocycles. The van der Waals surface area contributed by atoms with Crippen molar-refractivity contribution in [2.24, 2.45) is 0 Å². The van der Waals surface area contributed by atoms with Crippen LogP contribution in [0.3, 0.4) is 0 Å². The van der Waals surface area contributed by atoms with Gasteiger partial charge in [-0.1, -0.05) is 23.7 Å². The van der Waals surface area contributed by atoms with Crippen molar-refractivity contribution in [1.29, 1.82) is 0 Å². The maximum atomic E-state index is 14.0. The first-order valence-corrected chi connectivity index (χ1v) is 7.47. The molecule has 0 amide bonds. The minimum Gasteiger partial charge on any atom is -0.494 e. The summed E-state index contributed by atoms with van der Waals surface area (Å²) in [7, 11) is -0.0212. The molecule has 2 aromatic carbocycles. The highest BCUT2D eigenvalue weighted by Gasteiger charge is 2.13. The molecule has 106 valence electrons. The predicted octanol–water partition coefficient (Wildman–Crippen LogP) is 3.38. The van der Waals surface area contributed by atoms with E-state index in [0.717, 1.165) is 0 Å². The molecule has 0 heterocycles. The zero-order chi connectivity index (χ0) is 14.7. The van der Waals surface area contributed by atoms with Gasteiger partial charge in [0, 0.05) is 10.5 Å². The van der Waals surface area contributed by atoms with Crippen molar-refractivity contribution in [2.75, 3.05) is 12.8 Å². The van der Waals surface area contributed by atoms with Crippen molar-refractivity contribution in [2.45, 2.75) is 10.6 Å². The minimum absolute atomic E-state index is 0.0449. The van der Waals surface area contributed by atoms with Gasteiger partial charge in [-0.2, -0.15) is 0 Å². The molecule has 0 aromatic heterocycles. The molecule has 0 aliphatic heterocycles. The van der Waals surface area contributed by atoms with Crippen molar-refractivity contribution < 1.29 is 13.3 Å². The van der Waals surface area contributed by atoms with Gasteiger partial charge in [-0.15, -0.1) is 0 Å². The lowest BCUT2D eigenvalue weighted by atomic mass is 10.2. The van der Waals surface area contributed by atoms with E-state index in [9.17, 15) is 8.60 Å². The van der Waals surface area contributed by atoms with E-state index in [2.05, 4.69) is 0 Å². The average molecular weight is 314 g/mol. The quantitative estimate of drug-likeness (QED) is 0.880. The SMILES string of the molecule is COc1cccc(CS(=O)c2ccc(N)c(Cl)c2)c1F. The largest absolute Gasteiger partial charge is 0.494 e. The van der Waals surface area contributed by atoms with Crippen LogP contribution in [0.4, 0.5) is 10.1 Å². The summed E-state index contributed by atoms with van der Waals surface area (Å²) in [5.74, 6) is -0.316. The summed E-state index contributed by atoms with van der Waals surface area (Å²) in [6, 6.07) is 9.49. The first-order chi connectivity index (χ1) is 9.52. The highest BCUT2D eigenvalue weighted by Crippen LogP contribution is 2.25. The van der Waals surface area contributed by atoms with E-state index in [-0.39, 0.29) is 11.5 Å². The summed E-state index contributed by atoms with van der Waals surface area (Å²) in [5.41, 5.74) is 6.34. The fourth-order valence-electron chi connectivity index (χ4n) is 1.70. The molecule has 0 aliphatic rings. The number of hydrogen-bond donors (Lipinski definition) is 1. The molecular formula is C14H13ClFNO2S. The van der Waals surface area contributed by atoms with E-state index in [1.165, 1.54) is 19.2 Å². The highest BCUT2D eigenvalue weighted by atomic mass is 35.5. The van der Waals surface area contributed by atoms with Gasteiger partial charge >= 0.3 is 0 Å². The maximum absolute atomic E-state index is 14.0. The second-order valence-corrected chi connectivity index (χ2v) is 5.96. The second-order valence-electron chi connectivity index (χ2n) is 4.11. The van der Waals surface area contributed by atoms with E-state index in [1.54, 1.807) is 24.3 Å². The third kappa shape index (κ3) is 3.11. The van der Waals surface area contributed by atoms with Gasteiger partial charge in [0.25, 0.3) is 0 Å². The Balaban J connectivity index is 2.25. The average Bonchev–Trinajstić information content (AvgIpc) is 2.44. The Kier molecular flexibility index (Phi) is 4.62. The molecule has 0 saturated heterocycles. The van der Waals surface area contributed by atoms with Crippen molar-refractivity contribution in [3.63, 3.8) is 0 Å². The molecule has 0 radical (unpaired) electrons. The Bertz CT molecular complexity index is 664. The van der Waals surface area contributed by atoms with E-state index in [0.29, 0.717) is 21.2 Å². The third-order valence-electron chi connectivity index (χ3n) is 2.78. The Hall–Kier alpha value is -1.59. The van der Waals surface area contributed by atoms with E-state index in [4.69, 9.17) is 22.1 Å². The van der Waals surface area contributed by atoms with Gasteiger partial charge in [-0.05, 0) is 24.3 Å². The molecule has 20 heavy (non-hydrogen) atoms. The van der Waals surface area contributed by atoms with Crippen LogP contribution in [0.15, 0.2) is 41.3 Å². The van der Waals surface area contributed by atoms with Crippen LogP contribution in [0.5, 0.6) is 5.75 Å². The Morgan fingerprint density at radius 2 is 2.10 bits per heavy atom. The van der Waals surface area contributed by atoms with Crippen LogP contribution in [-0.4, -0.2) is 11.3 Å². The molecule has 2 rings (SSSR count). The molecule has 0 fully saturated rings. The van der Waals surface area contributed by atoms with Crippen molar-refractivity contribution in [3.05, 3.63) is 52.8 Å². The fourth-order valence-corrected chi connectivity index (χ4v) is 3.09. The molecule has 3 nitrogen and oxygen atoms in total. The van der Waals surface area contributed by atoms with Gasteiger partial charge < -0.3 is 10.5 Å². The molecule has 0 bridgehead atoms. The van der Waals surface area contributed by atoms with Crippen LogP contribution in [0, 0.1) is 5.82 Å². The number of nitrogens with two attached hydrogens (primary N) is 1. The summed E-state index contributed by atoms with van der Waals surface area (Å²) in [4.78, 5) is 0.506. The monoisotopic (exact) mass is 313 g/mol. The summed E-state index contributed by atoms with van der Waals surface area (Å²) >= 11 is 5.89. The maximum Gasteiger partial charge on any atom is 0.169 e. The molecule has 1 unspecified atom stereocenters. The van der Waals surface area contributed by atoms with Gasteiger partial charge in [-0.25, -0.2) is 4.39 Å². The normalized spacial score (nSPS) is 12.2. The lowest BCUT2D eigenvalue weighted by molar-refractivity contribution is 0.385. The smallest absolute Gasteiger partial charge is 0.169 e. The lowest BCUT2D eigenvalue weighted by Crippen LogP contribution is -2.01. The number of benzene rings is 2. The Labute approximate surface area is 124 Å². The number of anilines is 1. The van der Waals surface area contributed by atoms with Gasteiger partial charge in [0.2, 0.25) is 0 Å². The van der Waals surface area contributed by atoms with Crippen LogP contribution >= 0.6 is 11.6 Å². The van der Waals surface area contributed by atoms with Crippen molar-refractivity contribution in [3.8, 4) is 5.75 Å². The summed E-state index contributed by atoms with van der Waals surface area (Å²) in [6.07, 6.45) is 0. The van der Waals surface area contributed by atoms with E-state index < -0.39 is 16.6 Å². The molecule has 2 aromatic rings. The number of hydrogen-bond acceptors (Lipinski definition) is 3. The van der Waals surface area contributed by atoms with Gasteiger partial charge in [0.15, 0.2) is 11.6 Å². The number of rotatable bonds is 4. The van der Waals surface area contributed by atoms with E-state index >= 15 is 0 Å². The van der Waals surface area contributed by atoms with Gasteiger partial charge in [-0.3, -0.25) is 4.21 Å².